The maximum atomic E-state index is 11.6. The molecule has 2 N–H and O–H groups in total. The average Bonchev–Trinajstić information content (AvgIpc) is 2.33. The highest BCUT2D eigenvalue weighted by Gasteiger charge is 2.18. The predicted octanol–water partition coefficient (Wildman–Crippen LogP) is 0.120. The van der Waals surface area contributed by atoms with Gasteiger partial charge >= 0.3 is 5.69 Å². The van der Waals surface area contributed by atoms with Crippen molar-refractivity contribution in [3.05, 3.63) is 26.4 Å². The largest absolute Gasteiger partial charge is 0.494 e. The molecular weight excluding hydrogens is 224 g/mol. The minimum atomic E-state index is -0.590. The molecule has 17 heavy (non-hydrogen) atoms. The van der Waals surface area contributed by atoms with Gasteiger partial charge in [-0.3, -0.25) is 14.3 Å². The van der Waals surface area contributed by atoms with E-state index in [1.807, 2.05) is 0 Å². The van der Waals surface area contributed by atoms with Gasteiger partial charge in [-0.2, -0.15) is 0 Å². The van der Waals surface area contributed by atoms with E-state index in [9.17, 15) is 14.7 Å². The molecule has 0 aliphatic carbocycles. The Bertz CT molecular complexity index is 511. The summed E-state index contributed by atoms with van der Waals surface area (Å²) in [7, 11) is 0. The van der Waals surface area contributed by atoms with Crippen LogP contribution < -0.4 is 11.2 Å². The SMILES string of the molecule is Cc1c(O)n(CC2CCCCO2)c(=O)[nH]c1=O. The topological polar surface area (TPSA) is 84.3 Å². The molecule has 0 bridgehead atoms. The summed E-state index contributed by atoms with van der Waals surface area (Å²) in [5.74, 6) is -0.270. The van der Waals surface area contributed by atoms with E-state index in [-0.39, 0.29) is 24.1 Å². The molecule has 1 aromatic heterocycles. The summed E-state index contributed by atoms with van der Waals surface area (Å²) in [5.41, 5.74) is -0.985. The van der Waals surface area contributed by atoms with Crippen LogP contribution in [0.15, 0.2) is 9.59 Å². The van der Waals surface area contributed by atoms with Crippen molar-refractivity contribution in [2.24, 2.45) is 0 Å². The average molecular weight is 240 g/mol. The second kappa shape index (κ2) is 4.75. The maximum absolute atomic E-state index is 11.6. The zero-order chi connectivity index (χ0) is 12.4. The number of ether oxygens (including phenoxy) is 1. The molecule has 1 aliphatic heterocycles. The van der Waals surface area contributed by atoms with E-state index in [1.165, 1.54) is 6.92 Å². The number of aromatic amines is 1. The van der Waals surface area contributed by atoms with Crippen LogP contribution in [-0.2, 0) is 11.3 Å². The molecule has 2 heterocycles. The molecule has 1 saturated heterocycles. The van der Waals surface area contributed by atoms with Crippen molar-refractivity contribution < 1.29 is 9.84 Å². The lowest BCUT2D eigenvalue weighted by atomic mass is 10.1. The number of hydrogen-bond acceptors (Lipinski definition) is 4. The third-order valence-electron chi connectivity index (χ3n) is 3.06. The fourth-order valence-corrected chi connectivity index (χ4v) is 1.98. The van der Waals surface area contributed by atoms with Crippen LogP contribution in [0.2, 0.25) is 0 Å². The second-order valence-corrected chi connectivity index (χ2v) is 4.31. The van der Waals surface area contributed by atoms with E-state index in [0.717, 1.165) is 23.8 Å². The Balaban J connectivity index is 2.29. The summed E-state index contributed by atoms with van der Waals surface area (Å²) in [5, 5.41) is 9.78. The zero-order valence-corrected chi connectivity index (χ0v) is 9.73. The highest BCUT2D eigenvalue weighted by Crippen LogP contribution is 2.16. The third kappa shape index (κ3) is 2.41. The number of aromatic nitrogens is 2. The van der Waals surface area contributed by atoms with Crippen molar-refractivity contribution >= 4 is 0 Å². The normalized spacial score (nSPS) is 20.4. The van der Waals surface area contributed by atoms with E-state index in [1.54, 1.807) is 0 Å². The van der Waals surface area contributed by atoms with Crippen molar-refractivity contribution in [1.82, 2.24) is 9.55 Å². The lowest BCUT2D eigenvalue weighted by Crippen LogP contribution is -2.35. The highest BCUT2D eigenvalue weighted by molar-refractivity contribution is 5.20. The van der Waals surface area contributed by atoms with Crippen LogP contribution in [0.5, 0.6) is 5.88 Å². The number of hydrogen-bond donors (Lipinski definition) is 2. The summed E-state index contributed by atoms with van der Waals surface area (Å²) < 4.78 is 6.66. The smallest absolute Gasteiger partial charge is 0.331 e. The van der Waals surface area contributed by atoms with Crippen LogP contribution in [0.1, 0.15) is 24.8 Å². The fraction of sp³-hybridized carbons (Fsp3) is 0.636. The van der Waals surface area contributed by atoms with Gasteiger partial charge in [0.25, 0.3) is 5.56 Å². The fourth-order valence-electron chi connectivity index (χ4n) is 1.98. The molecule has 6 heteroatoms. The number of nitrogens with one attached hydrogen (secondary N) is 1. The standard InChI is InChI=1S/C11H16N2O4/c1-7-9(14)12-11(16)13(10(7)15)6-8-4-2-3-5-17-8/h8,15H,2-6H2,1H3,(H,12,14,16). The van der Waals surface area contributed by atoms with Crippen LogP contribution in [0.25, 0.3) is 0 Å². The Kier molecular flexibility index (Phi) is 3.33. The molecule has 0 aromatic carbocycles. The number of rotatable bonds is 2. The molecule has 1 fully saturated rings. The first-order valence-electron chi connectivity index (χ1n) is 5.74. The summed E-state index contributed by atoms with van der Waals surface area (Å²) in [6, 6.07) is 0. The Morgan fingerprint density at radius 1 is 1.47 bits per heavy atom. The first kappa shape index (κ1) is 11.9. The van der Waals surface area contributed by atoms with Crippen molar-refractivity contribution in [2.45, 2.75) is 38.8 Å². The van der Waals surface area contributed by atoms with Gasteiger partial charge in [0.1, 0.15) is 0 Å². The summed E-state index contributed by atoms with van der Waals surface area (Å²) in [4.78, 5) is 25.0. The highest BCUT2D eigenvalue weighted by atomic mass is 16.5. The molecule has 94 valence electrons. The molecule has 1 unspecified atom stereocenters. The molecule has 0 spiro atoms. The minimum Gasteiger partial charge on any atom is -0.494 e. The second-order valence-electron chi connectivity index (χ2n) is 4.31. The van der Waals surface area contributed by atoms with E-state index in [0.29, 0.717) is 6.61 Å². The molecule has 2 rings (SSSR count). The van der Waals surface area contributed by atoms with Gasteiger partial charge < -0.3 is 9.84 Å². The molecule has 6 nitrogen and oxygen atoms in total. The first-order chi connectivity index (χ1) is 8.09. The number of H-pyrrole nitrogens is 1. The quantitative estimate of drug-likeness (QED) is 0.769. The van der Waals surface area contributed by atoms with Gasteiger partial charge in [-0.1, -0.05) is 0 Å². The van der Waals surface area contributed by atoms with Gasteiger partial charge in [0.05, 0.1) is 18.2 Å². The minimum absolute atomic E-state index is 0.0716. The van der Waals surface area contributed by atoms with Crippen LogP contribution >= 0.6 is 0 Å². The van der Waals surface area contributed by atoms with Gasteiger partial charge in [-0.05, 0) is 26.2 Å². The zero-order valence-electron chi connectivity index (χ0n) is 9.73. The van der Waals surface area contributed by atoms with Crippen molar-refractivity contribution in [3.8, 4) is 5.88 Å². The van der Waals surface area contributed by atoms with Crippen LogP contribution in [0.3, 0.4) is 0 Å². The van der Waals surface area contributed by atoms with Gasteiger partial charge in [0.2, 0.25) is 5.88 Å². The molecular formula is C11H16N2O4. The van der Waals surface area contributed by atoms with E-state index in [4.69, 9.17) is 4.74 Å². The molecule has 0 amide bonds. The van der Waals surface area contributed by atoms with E-state index in [2.05, 4.69) is 4.98 Å². The maximum Gasteiger partial charge on any atom is 0.331 e. The number of aromatic hydroxyl groups is 1. The van der Waals surface area contributed by atoms with E-state index >= 15 is 0 Å². The van der Waals surface area contributed by atoms with Crippen LogP contribution in [0, 0.1) is 6.92 Å². The van der Waals surface area contributed by atoms with Crippen LogP contribution in [-0.4, -0.2) is 27.4 Å². The molecule has 1 aliphatic rings. The van der Waals surface area contributed by atoms with Gasteiger partial charge in [0.15, 0.2) is 0 Å². The lowest BCUT2D eigenvalue weighted by molar-refractivity contribution is 0.00395. The Morgan fingerprint density at radius 3 is 2.88 bits per heavy atom. The summed E-state index contributed by atoms with van der Waals surface area (Å²) >= 11 is 0. The third-order valence-corrected chi connectivity index (χ3v) is 3.06. The summed E-state index contributed by atoms with van der Waals surface area (Å²) in [6.07, 6.45) is 2.88. The van der Waals surface area contributed by atoms with E-state index < -0.39 is 11.2 Å². The lowest BCUT2D eigenvalue weighted by Gasteiger charge is -2.23. The monoisotopic (exact) mass is 240 g/mol. The van der Waals surface area contributed by atoms with Gasteiger partial charge in [0, 0.05) is 6.61 Å². The van der Waals surface area contributed by atoms with Crippen molar-refractivity contribution in [2.75, 3.05) is 6.61 Å². The Morgan fingerprint density at radius 2 is 2.24 bits per heavy atom. The molecule has 1 aromatic rings. The molecule has 0 radical (unpaired) electrons. The van der Waals surface area contributed by atoms with Crippen molar-refractivity contribution in [3.63, 3.8) is 0 Å². The van der Waals surface area contributed by atoms with Gasteiger partial charge in [-0.25, -0.2) is 4.79 Å². The Hall–Kier alpha value is -1.56. The molecule has 0 saturated carbocycles. The number of nitrogens with zero attached hydrogens (tertiary/aromatic N) is 1. The van der Waals surface area contributed by atoms with Crippen LogP contribution in [0.4, 0.5) is 0 Å². The molecule has 1 atom stereocenters. The van der Waals surface area contributed by atoms with Gasteiger partial charge in [-0.15, -0.1) is 0 Å². The first-order valence-corrected chi connectivity index (χ1v) is 5.74. The Labute approximate surface area is 97.9 Å². The van der Waals surface area contributed by atoms with Crippen molar-refractivity contribution in [1.29, 1.82) is 0 Å². The predicted molar refractivity (Wildman–Crippen MR) is 61.3 cm³/mol. The summed E-state index contributed by atoms with van der Waals surface area (Å²) in [6.45, 7) is 2.44.